The fourth-order valence-corrected chi connectivity index (χ4v) is 1.36. The first-order chi connectivity index (χ1) is 8.85. The van der Waals surface area contributed by atoms with Crippen molar-refractivity contribution in [2.45, 2.75) is 20.0 Å². The minimum atomic E-state index is -0.747. The third-order valence-electron chi connectivity index (χ3n) is 1.96. The summed E-state index contributed by atoms with van der Waals surface area (Å²) in [4.78, 5) is 26.8. The third-order valence-corrected chi connectivity index (χ3v) is 2.26. The number of halogens is 1. The molecule has 0 spiro atoms. The molecular weight excluding hydrogens is 270 g/mol. The maximum absolute atomic E-state index is 11.5. The van der Waals surface area contributed by atoms with Gasteiger partial charge in [0.2, 0.25) is 0 Å². The SMILES string of the molecule is [B]c1nc(C(=O)OC)c(NC(=O)OC(C)C)cc1Cl. The number of carbonyl (C=O) groups is 2. The highest BCUT2D eigenvalue weighted by Crippen LogP contribution is 2.18. The number of esters is 1. The second kappa shape index (κ2) is 6.42. The molecule has 1 rings (SSSR count). The van der Waals surface area contributed by atoms with E-state index >= 15 is 0 Å². The first kappa shape index (κ1) is 15.3. The summed E-state index contributed by atoms with van der Waals surface area (Å²) < 4.78 is 9.43. The molecule has 8 heteroatoms. The van der Waals surface area contributed by atoms with Gasteiger partial charge in [0.15, 0.2) is 5.69 Å². The van der Waals surface area contributed by atoms with E-state index < -0.39 is 12.1 Å². The smallest absolute Gasteiger partial charge is 0.411 e. The lowest BCUT2D eigenvalue weighted by molar-refractivity contribution is 0.0595. The summed E-state index contributed by atoms with van der Waals surface area (Å²) in [5, 5.41) is 2.46. The predicted molar refractivity (Wildman–Crippen MR) is 71.2 cm³/mol. The van der Waals surface area contributed by atoms with Crippen LogP contribution in [0.4, 0.5) is 10.5 Å². The van der Waals surface area contributed by atoms with Crippen LogP contribution in [0, 0.1) is 0 Å². The van der Waals surface area contributed by atoms with E-state index in [4.69, 9.17) is 24.2 Å². The Hall–Kier alpha value is -1.76. The molecule has 6 nitrogen and oxygen atoms in total. The Balaban J connectivity index is 3.07. The lowest BCUT2D eigenvalue weighted by atomic mass is 10.0. The van der Waals surface area contributed by atoms with Crippen LogP contribution < -0.4 is 10.9 Å². The van der Waals surface area contributed by atoms with Crippen molar-refractivity contribution in [3.63, 3.8) is 0 Å². The zero-order valence-corrected chi connectivity index (χ0v) is 11.4. The quantitative estimate of drug-likeness (QED) is 0.667. The summed E-state index contributed by atoms with van der Waals surface area (Å²) in [6.45, 7) is 3.38. The third kappa shape index (κ3) is 4.13. The monoisotopic (exact) mass is 282 g/mol. The molecule has 0 atom stereocenters. The number of carbonyl (C=O) groups excluding carboxylic acids is 2. The molecule has 2 radical (unpaired) electrons. The first-order valence-electron chi connectivity index (χ1n) is 5.37. The molecule has 1 aromatic rings. The Morgan fingerprint density at radius 1 is 1.47 bits per heavy atom. The summed E-state index contributed by atoms with van der Waals surface area (Å²) in [7, 11) is 6.68. The number of nitrogens with one attached hydrogen (secondary N) is 1. The molecule has 0 aliphatic carbocycles. The number of nitrogens with zero attached hydrogens (tertiary/aromatic N) is 1. The molecule has 0 unspecified atom stereocenters. The van der Waals surface area contributed by atoms with E-state index in [0.717, 1.165) is 0 Å². The highest BCUT2D eigenvalue weighted by atomic mass is 35.5. The molecule has 0 aliphatic heterocycles. The van der Waals surface area contributed by atoms with Gasteiger partial charge in [-0.15, -0.1) is 0 Å². The van der Waals surface area contributed by atoms with Gasteiger partial charge in [0, 0.05) is 5.59 Å². The lowest BCUT2D eigenvalue weighted by Crippen LogP contribution is -2.23. The van der Waals surface area contributed by atoms with Crippen LogP contribution in [0.1, 0.15) is 24.3 Å². The Morgan fingerprint density at radius 2 is 2.11 bits per heavy atom. The van der Waals surface area contributed by atoms with Gasteiger partial charge in [0.05, 0.1) is 23.9 Å². The number of anilines is 1. The van der Waals surface area contributed by atoms with Crippen LogP contribution in [0.2, 0.25) is 5.02 Å². The van der Waals surface area contributed by atoms with Gasteiger partial charge in [-0.25, -0.2) is 9.59 Å². The molecule has 19 heavy (non-hydrogen) atoms. The average molecular weight is 282 g/mol. The van der Waals surface area contributed by atoms with Crippen LogP contribution in [0.25, 0.3) is 0 Å². The minimum absolute atomic E-state index is 0.0372. The van der Waals surface area contributed by atoms with E-state index in [-0.39, 0.29) is 28.1 Å². The van der Waals surface area contributed by atoms with E-state index in [1.165, 1.54) is 13.2 Å². The molecule has 1 aromatic heterocycles. The number of aromatic nitrogens is 1. The van der Waals surface area contributed by atoms with Crippen LogP contribution in [0.15, 0.2) is 6.07 Å². The Kier molecular flexibility index (Phi) is 5.17. The number of hydrogen-bond donors (Lipinski definition) is 1. The molecule has 0 saturated heterocycles. The first-order valence-corrected chi connectivity index (χ1v) is 5.75. The summed E-state index contributed by atoms with van der Waals surface area (Å²) in [6, 6.07) is 1.30. The molecule has 1 heterocycles. The van der Waals surface area contributed by atoms with Gasteiger partial charge in [-0.3, -0.25) is 10.3 Å². The largest absolute Gasteiger partial charge is 0.464 e. The number of methoxy groups -OCH3 is 1. The van der Waals surface area contributed by atoms with Gasteiger partial charge in [0.1, 0.15) is 7.85 Å². The summed E-state index contributed by atoms with van der Waals surface area (Å²) in [5.41, 5.74) is -0.119. The fourth-order valence-electron chi connectivity index (χ4n) is 1.20. The molecule has 1 N–H and O–H groups in total. The van der Waals surface area contributed by atoms with E-state index in [2.05, 4.69) is 15.0 Å². The molecular formula is C11H12BClN2O4. The van der Waals surface area contributed by atoms with Crippen molar-refractivity contribution < 1.29 is 19.1 Å². The lowest BCUT2D eigenvalue weighted by Gasteiger charge is -2.12. The normalized spacial score (nSPS) is 10.2. The highest BCUT2D eigenvalue weighted by Gasteiger charge is 2.18. The number of rotatable bonds is 3. The summed E-state index contributed by atoms with van der Waals surface area (Å²) in [5.74, 6) is -0.747. The van der Waals surface area contributed by atoms with Crippen molar-refractivity contribution >= 4 is 42.8 Å². The van der Waals surface area contributed by atoms with Crippen molar-refractivity contribution in [2.75, 3.05) is 12.4 Å². The van der Waals surface area contributed by atoms with Crippen LogP contribution >= 0.6 is 11.6 Å². The maximum Gasteiger partial charge on any atom is 0.411 e. The second-order valence-electron chi connectivity index (χ2n) is 3.82. The number of pyridine rings is 1. The van der Waals surface area contributed by atoms with Crippen molar-refractivity contribution in [3.8, 4) is 0 Å². The van der Waals surface area contributed by atoms with Crippen LogP contribution in [-0.4, -0.2) is 38.1 Å². The van der Waals surface area contributed by atoms with Crippen molar-refractivity contribution in [3.05, 3.63) is 16.8 Å². The van der Waals surface area contributed by atoms with E-state index in [1.54, 1.807) is 13.8 Å². The molecule has 100 valence electrons. The summed E-state index contributed by atoms with van der Waals surface area (Å²) >= 11 is 5.79. The molecule has 0 saturated carbocycles. The van der Waals surface area contributed by atoms with E-state index in [1.807, 2.05) is 0 Å². The zero-order valence-electron chi connectivity index (χ0n) is 10.7. The van der Waals surface area contributed by atoms with Crippen LogP contribution in [0.3, 0.4) is 0 Å². The molecule has 0 bridgehead atoms. The van der Waals surface area contributed by atoms with Crippen molar-refractivity contribution in [2.24, 2.45) is 0 Å². The highest BCUT2D eigenvalue weighted by molar-refractivity contribution is 6.44. The Labute approximate surface area is 116 Å². The Bertz CT molecular complexity index is 508. The fraction of sp³-hybridized carbons (Fsp3) is 0.364. The second-order valence-corrected chi connectivity index (χ2v) is 4.23. The maximum atomic E-state index is 11.5. The molecule has 0 aliphatic rings. The topological polar surface area (TPSA) is 77.5 Å². The van der Waals surface area contributed by atoms with Gasteiger partial charge in [0.25, 0.3) is 0 Å². The predicted octanol–water partition coefficient (Wildman–Crippen LogP) is 1.27. The van der Waals surface area contributed by atoms with E-state index in [9.17, 15) is 9.59 Å². The van der Waals surface area contributed by atoms with Gasteiger partial charge < -0.3 is 9.47 Å². The van der Waals surface area contributed by atoms with Gasteiger partial charge in [-0.1, -0.05) is 11.6 Å². The van der Waals surface area contributed by atoms with Crippen molar-refractivity contribution in [1.82, 2.24) is 4.98 Å². The van der Waals surface area contributed by atoms with Gasteiger partial charge in [-0.2, -0.15) is 0 Å². The number of ether oxygens (including phenoxy) is 2. The molecule has 0 aromatic carbocycles. The molecule has 1 amide bonds. The summed E-state index contributed by atoms with van der Waals surface area (Å²) in [6.07, 6.45) is -1.04. The standard InChI is InChI=1S/C11H12BClN2O4/c1-5(2)19-11(17)14-7-4-6(13)9(12)15-8(7)10(16)18-3/h4-5H,1-3H3,(H,14,17). The zero-order chi connectivity index (χ0) is 14.6. The van der Waals surface area contributed by atoms with Gasteiger partial charge in [-0.05, 0) is 19.9 Å². The molecule has 0 fully saturated rings. The minimum Gasteiger partial charge on any atom is -0.464 e. The van der Waals surface area contributed by atoms with Crippen LogP contribution in [-0.2, 0) is 9.47 Å². The number of hydrogen-bond acceptors (Lipinski definition) is 5. The number of amides is 1. The van der Waals surface area contributed by atoms with Crippen molar-refractivity contribution in [1.29, 1.82) is 0 Å². The Morgan fingerprint density at radius 3 is 2.63 bits per heavy atom. The van der Waals surface area contributed by atoms with E-state index in [0.29, 0.717) is 0 Å². The van der Waals surface area contributed by atoms with Gasteiger partial charge >= 0.3 is 12.1 Å². The average Bonchev–Trinajstić information content (AvgIpc) is 2.31. The van der Waals surface area contributed by atoms with Crippen LogP contribution in [0.5, 0.6) is 0 Å².